The van der Waals surface area contributed by atoms with Crippen LogP contribution in [0.1, 0.15) is 21.0 Å². The standard InChI is InChI=1S/C15H16N4O2S/c1-10-13(8-18-21-10)15(20)16-6-5-12-3-4-14(22-12)11-7-17-19(2)9-11/h3-4,7-9H,5-6H2,1-2H3,(H,16,20). The average molecular weight is 316 g/mol. The molecule has 3 heterocycles. The molecule has 3 aromatic heterocycles. The molecule has 0 unspecified atom stereocenters. The molecule has 1 N–H and O–H groups in total. The summed E-state index contributed by atoms with van der Waals surface area (Å²) in [5.74, 6) is 0.385. The molecule has 0 radical (unpaired) electrons. The van der Waals surface area contributed by atoms with Gasteiger partial charge in [-0.2, -0.15) is 5.10 Å². The number of aromatic nitrogens is 3. The van der Waals surface area contributed by atoms with Gasteiger partial charge in [0.1, 0.15) is 11.3 Å². The maximum Gasteiger partial charge on any atom is 0.256 e. The Hall–Kier alpha value is -2.41. The second-order valence-corrected chi connectivity index (χ2v) is 6.14. The second-order valence-electron chi connectivity index (χ2n) is 4.97. The van der Waals surface area contributed by atoms with Gasteiger partial charge in [-0.25, -0.2) is 0 Å². The summed E-state index contributed by atoms with van der Waals surface area (Å²) in [6, 6.07) is 4.17. The number of thiophene rings is 1. The van der Waals surface area contributed by atoms with Crippen molar-refractivity contribution in [2.75, 3.05) is 6.54 Å². The summed E-state index contributed by atoms with van der Waals surface area (Å²) >= 11 is 1.72. The van der Waals surface area contributed by atoms with Gasteiger partial charge in [-0.15, -0.1) is 11.3 Å². The van der Waals surface area contributed by atoms with E-state index in [4.69, 9.17) is 4.52 Å². The first-order valence-corrected chi connectivity index (χ1v) is 7.72. The van der Waals surface area contributed by atoms with Crippen LogP contribution in [0.25, 0.3) is 10.4 Å². The number of hydrogen-bond acceptors (Lipinski definition) is 5. The number of carbonyl (C=O) groups is 1. The van der Waals surface area contributed by atoms with Gasteiger partial charge >= 0.3 is 0 Å². The fourth-order valence-electron chi connectivity index (χ4n) is 2.13. The summed E-state index contributed by atoms with van der Waals surface area (Å²) in [4.78, 5) is 14.3. The highest BCUT2D eigenvalue weighted by molar-refractivity contribution is 7.15. The number of nitrogens with zero attached hydrogens (tertiary/aromatic N) is 3. The van der Waals surface area contributed by atoms with E-state index in [1.807, 2.05) is 19.4 Å². The van der Waals surface area contributed by atoms with Gasteiger partial charge in [-0.05, 0) is 25.5 Å². The van der Waals surface area contributed by atoms with E-state index in [0.717, 1.165) is 12.0 Å². The van der Waals surface area contributed by atoms with E-state index in [1.54, 1.807) is 22.9 Å². The number of rotatable bonds is 5. The lowest BCUT2D eigenvalue weighted by Crippen LogP contribution is -2.25. The third-order valence-corrected chi connectivity index (χ3v) is 4.50. The van der Waals surface area contributed by atoms with E-state index >= 15 is 0 Å². The normalized spacial score (nSPS) is 10.8. The smallest absolute Gasteiger partial charge is 0.256 e. The maximum atomic E-state index is 11.9. The molecular weight excluding hydrogens is 300 g/mol. The molecule has 22 heavy (non-hydrogen) atoms. The van der Waals surface area contributed by atoms with Crippen LogP contribution in [-0.2, 0) is 13.5 Å². The van der Waals surface area contributed by atoms with Crippen molar-refractivity contribution in [3.63, 3.8) is 0 Å². The van der Waals surface area contributed by atoms with Crippen molar-refractivity contribution >= 4 is 17.2 Å². The number of aryl methyl sites for hydroxylation is 2. The Morgan fingerprint density at radius 3 is 2.95 bits per heavy atom. The lowest BCUT2D eigenvalue weighted by Gasteiger charge is -2.02. The number of carbonyl (C=O) groups excluding carboxylic acids is 1. The third-order valence-electron chi connectivity index (χ3n) is 3.30. The van der Waals surface area contributed by atoms with Crippen molar-refractivity contribution in [1.82, 2.24) is 20.3 Å². The maximum absolute atomic E-state index is 11.9. The quantitative estimate of drug-likeness (QED) is 0.784. The Morgan fingerprint density at radius 2 is 2.27 bits per heavy atom. The third kappa shape index (κ3) is 3.09. The van der Waals surface area contributed by atoms with E-state index in [-0.39, 0.29) is 5.91 Å². The summed E-state index contributed by atoms with van der Waals surface area (Å²) in [5.41, 5.74) is 1.60. The van der Waals surface area contributed by atoms with Crippen molar-refractivity contribution in [2.24, 2.45) is 7.05 Å². The van der Waals surface area contributed by atoms with Crippen LogP contribution >= 0.6 is 11.3 Å². The summed E-state index contributed by atoms with van der Waals surface area (Å²) in [5, 5.41) is 10.7. The van der Waals surface area contributed by atoms with Crippen molar-refractivity contribution in [1.29, 1.82) is 0 Å². The zero-order valence-electron chi connectivity index (χ0n) is 12.4. The van der Waals surface area contributed by atoms with E-state index < -0.39 is 0 Å². The Balaban J connectivity index is 1.55. The van der Waals surface area contributed by atoms with Gasteiger partial charge in [0.05, 0.1) is 12.4 Å². The molecule has 1 amide bonds. The molecule has 0 aliphatic rings. The molecule has 0 atom stereocenters. The molecule has 0 aromatic carbocycles. The molecule has 0 aliphatic carbocycles. The summed E-state index contributed by atoms with van der Waals surface area (Å²) in [7, 11) is 1.90. The minimum atomic E-state index is -0.150. The van der Waals surface area contributed by atoms with Crippen LogP contribution in [0.15, 0.2) is 35.2 Å². The van der Waals surface area contributed by atoms with Gasteiger partial charge in [0.2, 0.25) is 0 Å². The first kappa shape index (κ1) is 14.5. The van der Waals surface area contributed by atoms with E-state index in [1.165, 1.54) is 16.0 Å². The number of amides is 1. The Kier molecular flexibility index (Phi) is 4.06. The van der Waals surface area contributed by atoms with Crippen molar-refractivity contribution in [3.8, 4) is 10.4 Å². The fourth-order valence-corrected chi connectivity index (χ4v) is 3.11. The monoisotopic (exact) mass is 316 g/mol. The first-order chi connectivity index (χ1) is 10.6. The molecule has 0 fully saturated rings. The minimum Gasteiger partial charge on any atom is -0.361 e. The highest BCUT2D eigenvalue weighted by Gasteiger charge is 2.12. The van der Waals surface area contributed by atoms with Crippen LogP contribution in [0.3, 0.4) is 0 Å². The number of hydrogen-bond donors (Lipinski definition) is 1. The van der Waals surface area contributed by atoms with Gasteiger partial charge < -0.3 is 9.84 Å². The molecule has 114 valence electrons. The molecule has 6 nitrogen and oxygen atoms in total. The first-order valence-electron chi connectivity index (χ1n) is 6.90. The Morgan fingerprint density at radius 1 is 1.41 bits per heavy atom. The SMILES string of the molecule is Cc1oncc1C(=O)NCCc1ccc(-c2cnn(C)c2)s1. The lowest BCUT2D eigenvalue weighted by atomic mass is 10.2. The van der Waals surface area contributed by atoms with Crippen LogP contribution in [0.4, 0.5) is 0 Å². The van der Waals surface area contributed by atoms with Gasteiger partial charge in [0.25, 0.3) is 5.91 Å². The van der Waals surface area contributed by atoms with E-state index in [2.05, 4.69) is 27.7 Å². The van der Waals surface area contributed by atoms with Gasteiger partial charge in [0.15, 0.2) is 0 Å². The Bertz CT molecular complexity index is 787. The molecule has 0 spiro atoms. The molecule has 0 saturated carbocycles. The molecular formula is C15H16N4O2S. The van der Waals surface area contributed by atoms with E-state index in [0.29, 0.717) is 17.9 Å². The molecule has 0 bridgehead atoms. The van der Waals surface area contributed by atoms with Crippen molar-refractivity contribution < 1.29 is 9.32 Å². The van der Waals surface area contributed by atoms with Crippen LogP contribution in [-0.4, -0.2) is 27.4 Å². The molecule has 0 aliphatic heterocycles. The average Bonchev–Trinajstić information content (AvgIpc) is 3.19. The zero-order valence-corrected chi connectivity index (χ0v) is 13.2. The van der Waals surface area contributed by atoms with Crippen molar-refractivity contribution in [2.45, 2.75) is 13.3 Å². The second kappa shape index (κ2) is 6.15. The minimum absolute atomic E-state index is 0.150. The Labute approximate surface area is 131 Å². The lowest BCUT2D eigenvalue weighted by molar-refractivity contribution is 0.0952. The predicted molar refractivity (Wildman–Crippen MR) is 83.8 cm³/mol. The van der Waals surface area contributed by atoms with Gasteiger partial charge in [-0.1, -0.05) is 5.16 Å². The molecule has 3 aromatic rings. The summed E-state index contributed by atoms with van der Waals surface area (Å²) in [6.07, 6.45) is 6.08. The van der Waals surface area contributed by atoms with Crippen LogP contribution in [0.5, 0.6) is 0 Å². The van der Waals surface area contributed by atoms with Gasteiger partial charge in [0, 0.05) is 35.1 Å². The van der Waals surface area contributed by atoms with Crippen LogP contribution in [0, 0.1) is 6.92 Å². The van der Waals surface area contributed by atoms with Crippen LogP contribution < -0.4 is 5.32 Å². The van der Waals surface area contributed by atoms with Crippen LogP contribution in [0.2, 0.25) is 0 Å². The predicted octanol–water partition coefficient (Wildman–Crippen LogP) is 2.42. The molecule has 7 heteroatoms. The van der Waals surface area contributed by atoms with Crippen molar-refractivity contribution in [3.05, 3.63) is 46.9 Å². The van der Waals surface area contributed by atoms with E-state index in [9.17, 15) is 4.79 Å². The zero-order chi connectivity index (χ0) is 15.5. The summed E-state index contributed by atoms with van der Waals surface area (Å²) in [6.45, 7) is 2.30. The molecule has 0 saturated heterocycles. The highest BCUT2D eigenvalue weighted by Crippen LogP contribution is 2.27. The largest absolute Gasteiger partial charge is 0.361 e. The number of nitrogens with one attached hydrogen (secondary N) is 1. The summed E-state index contributed by atoms with van der Waals surface area (Å²) < 4.78 is 6.68. The topological polar surface area (TPSA) is 73.0 Å². The fraction of sp³-hybridized carbons (Fsp3) is 0.267. The van der Waals surface area contributed by atoms with Gasteiger partial charge in [-0.3, -0.25) is 9.48 Å². The molecule has 3 rings (SSSR count). The highest BCUT2D eigenvalue weighted by atomic mass is 32.1.